The number of amides is 1. The molecule has 1 N–H and O–H groups in total. The minimum absolute atomic E-state index is 0.0691. The number of aliphatic hydroxyl groups is 1. The molecule has 24 heavy (non-hydrogen) atoms. The van der Waals surface area contributed by atoms with Gasteiger partial charge in [-0.2, -0.15) is 5.10 Å². The van der Waals surface area contributed by atoms with E-state index in [9.17, 15) is 9.90 Å². The quantitative estimate of drug-likeness (QED) is 0.916. The van der Waals surface area contributed by atoms with Crippen molar-refractivity contribution in [3.8, 4) is 0 Å². The summed E-state index contributed by atoms with van der Waals surface area (Å²) in [5.74, 6) is 0.194. The molecule has 1 atom stereocenters. The lowest BCUT2D eigenvalue weighted by atomic mass is 9.88. The van der Waals surface area contributed by atoms with Crippen LogP contribution in [0.3, 0.4) is 0 Å². The van der Waals surface area contributed by atoms with Crippen molar-refractivity contribution in [3.05, 3.63) is 59.9 Å². The van der Waals surface area contributed by atoms with Gasteiger partial charge in [0.15, 0.2) is 5.69 Å². The van der Waals surface area contributed by atoms with Crippen LogP contribution in [0.15, 0.2) is 48.7 Å². The summed E-state index contributed by atoms with van der Waals surface area (Å²) < 4.78 is 0. The fourth-order valence-corrected chi connectivity index (χ4v) is 3.26. The molecule has 126 valence electrons. The van der Waals surface area contributed by atoms with E-state index >= 15 is 0 Å². The van der Waals surface area contributed by atoms with Crippen molar-refractivity contribution in [2.45, 2.75) is 31.8 Å². The number of piperidine rings is 1. The number of rotatable bonds is 5. The predicted molar refractivity (Wildman–Crippen MR) is 91.4 cm³/mol. The van der Waals surface area contributed by atoms with Crippen molar-refractivity contribution in [1.29, 1.82) is 0 Å². The SMILES string of the molecule is O=C(c1cccnn1)N1CCC(C(O)CCc2ccccc2)CC1. The second kappa shape index (κ2) is 8.02. The highest BCUT2D eigenvalue weighted by Crippen LogP contribution is 2.24. The molecule has 3 rings (SSSR count). The Hall–Kier alpha value is -2.27. The van der Waals surface area contributed by atoms with E-state index in [2.05, 4.69) is 22.3 Å². The Morgan fingerprint density at radius 3 is 2.58 bits per heavy atom. The molecule has 5 nitrogen and oxygen atoms in total. The zero-order valence-corrected chi connectivity index (χ0v) is 13.7. The first-order chi connectivity index (χ1) is 11.7. The standard InChI is InChI=1S/C19H23N3O2/c23-18(9-8-15-5-2-1-3-6-15)16-10-13-22(14-11-16)19(24)17-7-4-12-20-21-17/h1-7,12,16,18,23H,8-11,13-14H2. The van der Waals surface area contributed by atoms with Gasteiger partial charge in [0.25, 0.3) is 5.91 Å². The van der Waals surface area contributed by atoms with E-state index in [0.29, 0.717) is 18.8 Å². The maximum Gasteiger partial charge on any atom is 0.274 e. The van der Waals surface area contributed by atoms with E-state index in [4.69, 9.17) is 0 Å². The van der Waals surface area contributed by atoms with Gasteiger partial charge in [0.2, 0.25) is 0 Å². The summed E-state index contributed by atoms with van der Waals surface area (Å²) in [5, 5.41) is 18.1. The molecule has 0 aliphatic carbocycles. The number of hydrogen-bond acceptors (Lipinski definition) is 4. The van der Waals surface area contributed by atoms with E-state index in [1.54, 1.807) is 18.3 Å². The second-order valence-corrected chi connectivity index (χ2v) is 6.33. The third-order valence-corrected chi connectivity index (χ3v) is 4.73. The van der Waals surface area contributed by atoms with E-state index in [-0.39, 0.29) is 17.9 Å². The van der Waals surface area contributed by atoms with Crippen LogP contribution < -0.4 is 0 Å². The van der Waals surface area contributed by atoms with Crippen LogP contribution in [0, 0.1) is 5.92 Å². The van der Waals surface area contributed by atoms with Crippen LogP contribution in [0.25, 0.3) is 0 Å². The van der Waals surface area contributed by atoms with Gasteiger partial charge in [-0.1, -0.05) is 30.3 Å². The van der Waals surface area contributed by atoms with Gasteiger partial charge in [0.05, 0.1) is 6.10 Å². The summed E-state index contributed by atoms with van der Waals surface area (Å²) in [7, 11) is 0. The summed E-state index contributed by atoms with van der Waals surface area (Å²) in [6.07, 6.45) is 4.59. The van der Waals surface area contributed by atoms with Gasteiger partial charge >= 0.3 is 0 Å². The average molecular weight is 325 g/mol. The largest absolute Gasteiger partial charge is 0.393 e. The van der Waals surface area contributed by atoms with Gasteiger partial charge in [0.1, 0.15) is 0 Å². The number of hydrogen-bond donors (Lipinski definition) is 1. The number of aryl methyl sites for hydroxylation is 1. The van der Waals surface area contributed by atoms with Gasteiger partial charge in [-0.05, 0) is 49.3 Å². The molecule has 1 fully saturated rings. The molecular weight excluding hydrogens is 302 g/mol. The van der Waals surface area contributed by atoms with Crippen LogP contribution in [-0.2, 0) is 6.42 Å². The average Bonchev–Trinajstić information content (AvgIpc) is 2.67. The normalized spacial score (nSPS) is 16.8. The molecule has 1 aromatic heterocycles. The minimum Gasteiger partial charge on any atom is -0.393 e. The Kier molecular flexibility index (Phi) is 5.54. The Bertz CT molecular complexity index is 640. The third-order valence-electron chi connectivity index (χ3n) is 4.73. The van der Waals surface area contributed by atoms with E-state index in [0.717, 1.165) is 25.7 Å². The lowest BCUT2D eigenvalue weighted by Crippen LogP contribution is -2.41. The van der Waals surface area contributed by atoms with Crippen molar-refractivity contribution in [1.82, 2.24) is 15.1 Å². The number of aromatic nitrogens is 2. The molecule has 1 aliphatic heterocycles. The molecule has 0 spiro atoms. The van der Waals surface area contributed by atoms with Gasteiger partial charge in [0, 0.05) is 19.3 Å². The molecule has 1 saturated heterocycles. The molecule has 1 aromatic carbocycles. The van der Waals surface area contributed by atoms with Crippen molar-refractivity contribution in [2.24, 2.45) is 5.92 Å². The molecule has 0 saturated carbocycles. The molecule has 1 unspecified atom stereocenters. The topological polar surface area (TPSA) is 66.3 Å². The highest BCUT2D eigenvalue weighted by Gasteiger charge is 2.28. The summed E-state index contributed by atoms with van der Waals surface area (Å²) >= 11 is 0. The molecule has 2 aromatic rings. The van der Waals surface area contributed by atoms with Crippen molar-refractivity contribution in [3.63, 3.8) is 0 Å². The lowest BCUT2D eigenvalue weighted by Gasteiger charge is -2.34. The Morgan fingerprint density at radius 2 is 1.92 bits per heavy atom. The second-order valence-electron chi connectivity index (χ2n) is 6.33. The fraction of sp³-hybridized carbons (Fsp3) is 0.421. The van der Waals surface area contributed by atoms with Gasteiger partial charge < -0.3 is 10.0 Å². The number of carbonyl (C=O) groups excluding carboxylic acids is 1. The first-order valence-corrected chi connectivity index (χ1v) is 8.53. The number of benzene rings is 1. The lowest BCUT2D eigenvalue weighted by molar-refractivity contribution is 0.0433. The monoisotopic (exact) mass is 325 g/mol. The zero-order valence-electron chi connectivity index (χ0n) is 13.7. The molecule has 1 amide bonds. The number of aliphatic hydroxyl groups excluding tert-OH is 1. The van der Waals surface area contributed by atoms with Crippen molar-refractivity contribution >= 4 is 5.91 Å². The maximum atomic E-state index is 12.3. The van der Waals surface area contributed by atoms with Gasteiger partial charge in [-0.3, -0.25) is 4.79 Å². The van der Waals surface area contributed by atoms with Gasteiger partial charge in [-0.25, -0.2) is 0 Å². The number of nitrogens with zero attached hydrogens (tertiary/aromatic N) is 3. The smallest absolute Gasteiger partial charge is 0.274 e. The maximum absolute atomic E-state index is 12.3. The van der Waals surface area contributed by atoms with E-state index in [1.165, 1.54) is 5.56 Å². The third kappa shape index (κ3) is 4.17. The summed E-state index contributed by atoms with van der Waals surface area (Å²) in [5.41, 5.74) is 1.65. The van der Waals surface area contributed by atoms with Crippen LogP contribution >= 0.6 is 0 Å². The van der Waals surface area contributed by atoms with Crippen LogP contribution in [0.5, 0.6) is 0 Å². The molecule has 2 heterocycles. The Labute approximate surface area is 142 Å². The van der Waals surface area contributed by atoms with Crippen LogP contribution in [0.4, 0.5) is 0 Å². The van der Waals surface area contributed by atoms with Crippen LogP contribution in [0.2, 0.25) is 0 Å². The summed E-state index contributed by atoms with van der Waals surface area (Å²) in [6.45, 7) is 1.34. The van der Waals surface area contributed by atoms with E-state index in [1.807, 2.05) is 23.1 Å². The highest BCUT2D eigenvalue weighted by atomic mass is 16.3. The highest BCUT2D eigenvalue weighted by molar-refractivity contribution is 5.92. The van der Waals surface area contributed by atoms with Gasteiger partial charge in [-0.15, -0.1) is 5.10 Å². The summed E-state index contributed by atoms with van der Waals surface area (Å²) in [4.78, 5) is 14.2. The fourth-order valence-electron chi connectivity index (χ4n) is 3.26. The van der Waals surface area contributed by atoms with Crippen molar-refractivity contribution in [2.75, 3.05) is 13.1 Å². The number of carbonyl (C=O) groups is 1. The molecular formula is C19H23N3O2. The molecule has 0 radical (unpaired) electrons. The van der Waals surface area contributed by atoms with Crippen LogP contribution in [0.1, 0.15) is 35.3 Å². The molecule has 1 aliphatic rings. The first-order valence-electron chi connectivity index (χ1n) is 8.53. The predicted octanol–water partition coefficient (Wildman–Crippen LogP) is 2.32. The number of likely N-dealkylation sites (tertiary alicyclic amines) is 1. The van der Waals surface area contributed by atoms with E-state index < -0.39 is 0 Å². The summed E-state index contributed by atoms with van der Waals surface area (Å²) in [6, 6.07) is 13.7. The zero-order chi connectivity index (χ0) is 16.8. The van der Waals surface area contributed by atoms with Crippen LogP contribution in [-0.4, -0.2) is 45.3 Å². The Morgan fingerprint density at radius 1 is 1.17 bits per heavy atom. The molecule has 0 bridgehead atoms. The Balaban J connectivity index is 1.47. The van der Waals surface area contributed by atoms with Crippen molar-refractivity contribution < 1.29 is 9.90 Å². The first kappa shape index (κ1) is 16.6. The minimum atomic E-state index is -0.307. The molecule has 5 heteroatoms.